The van der Waals surface area contributed by atoms with Crippen LogP contribution in [0.2, 0.25) is 0 Å². The van der Waals surface area contributed by atoms with Crippen LogP contribution in [-0.2, 0) is 9.59 Å². The monoisotopic (exact) mass is 380 g/mol. The van der Waals surface area contributed by atoms with Crippen molar-refractivity contribution in [2.75, 3.05) is 0 Å². The van der Waals surface area contributed by atoms with Crippen molar-refractivity contribution in [3.63, 3.8) is 0 Å². The van der Waals surface area contributed by atoms with Gasteiger partial charge in [0.2, 0.25) is 0 Å². The van der Waals surface area contributed by atoms with Gasteiger partial charge in [0.25, 0.3) is 0 Å². The highest BCUT2D eigenvalue weighted by Crippen LogP contribution is 2.10. The molecule has 0 fully saturated rings. The Morgan fingerprint density at radius 3 is 1.19 bits per heavy atom. The van der Waals surface area contributed by atoms with Crippen LogP contribution in [0, 0.1) is 0 Å². The smallest absolute Gasteiger partial charge is 0.303 e. The number of allylic oxidation sites excluding steroid dienone is 4. The molecular weight excluding hydrogens is 340 g/mol. The van der Waals surface area contributed by atoms with Crippen LogP contribution in [0.5, 0.6) is 0 Å². The second kappa shape index (κ2) is 20.7. The molecule has 0 aliphatic rings. The van der Waals surface area contributed by atoms with Crippen LogP contribution >= 0.6 is 0 Å². The molecule has 0 saturated heterocycles. The van der Waals surface area contributed by atoms with Crippen LogP contribution < -0.4 is 0 Å². The maximum Gasteiger partial charge on any atom is 0.303 e. The summed E-state index contributed by atoms with van der Waals surface area (Å²) in [6.07, 6.45) is 26.3. The van der Waals surface area contributed by atoms with Crippen LogP contribution in [-0.4, -0.2) is 22.2 Å². The van der Waals surface area contributed by atoms with E-state index in [-0.39, 0.29) is 0 Å². The molecule has 4 nitrogen and oxygen atoms in total. The fourth-order valence-electron chi connectivity index (χ4n) is 3.00. The number of hydrogen-bond donors (Lipinski definition) is 2. The third-order valence-electron chi connectivity index (χ3n) is 4.63. The van der Waals surface area contributed by atoms with E-state index in [1.807, 2.05) is 0 Å². The van der Waals surface area contributed by atoms with E-state index in [9.17, 15) is 9.59 Å². The van der Waals surface area contributed by atoms with Gasteiger partial charge >= 0.3 is 11.9 Å². The summed E-state index contributed by atoms with van der Waals surface area (Å²) in [5, 5.41) is 17.1. The van der Waals surface area contributed by atoms with Crippen molar-refractivity contribution in [1.29, 1.82) is 0 Å². The lowest BCUT2D eigenvalue weighted by atomic mass is 10.1. The largest absolute Gasteiger partial charge is 0.481 e. The third-order valence-corrected chi connectivity index (χ3v) is 4.63. The molecule has 0 spiro atoms. The molecule has 0 amide bonds. The molecule has 2 N–H and O–H groups in total. The van der Waals surface area contributed by atoms with E-state index in [1.165, 1.54) is 38.5 Å². The summed E-state index contributed by atoms with van der Waals surface area (Å²) in [7, 11) is 0. The van der Waals surface area contributed by atoms with Gasteiger partial charge < -0.3 is 10.2 Å². The first-order valence-electron chi connectivity index (χ1n) is 10.9. The van der Waals surface area contributed by atoms with Crippen molar-refractivity contribution in [3.05, 3.63) is 24.3 Å². The van der Waals surface area contributed by atoms with E-state index in [2.05, 4.69) is 24.3 Å². The molecule has 4 heteroatoms. The molecule has 0 aliphatic heterocycles. The number of carbonyl (C=O) groups is 2. The summed E-state index contributed by atoms with van der Waals surface area (Å²) in [4.78, 5) is 20.8. The molecule has 0 aromatic rings. The Bertz CT molecular complexity index is 375. The number of aliphatic carboxylic acids is 2. The molecule has 0 aliphatic carbocycles. The first-order chi connectivity index (χ1) is 13.1. The Morgan fingerprint density at radius 1 is 0.481 bits per heavy atom. The number of unbranched alkanes of at least 4 members (excludes halogenated alkanes) is 12. The van der Waals surface area contributed by atoms with E-state index in [1.54, 1.807) is 0 Å². The van der Waals surface area contributed by atoms with Crippen LogP contribution in [0.3, 0.4) is 0 Å². The zero-order valence-corrected chi connectivity index (χ0v) is 17.0. The Hall–Kier alpha value is -1.58. The van der Waals surface area contributed by atoms with Crippen LogP contribution in [0.4, 0.5) is 0 Å². The van der Waals surface area contributed by atoms with E-state index in [0.717, 1.165) is 57.8 Å². The highest BCUT2D eigenvalue weighted by molar-refractivity contribution is 5.66. The molecule has 27 heavy (non-hydrogen) atoms. The van der Waals surface area contributed by atoms with Gasteiger partial charge in [0.1, 0.15) is 0 Å². The van der Waals surface area contributed by atoms with Crippen molar-refractivity contribution < 1.29 is 19.8 Å². The molecule has 0 atom stereocenters. The average molecular weight is 381 g/mol. The summed E-state index contributed by atoms with van der Waals surface area (Å²) in [5.41, 5.74) is 0. The standard InChI is InChI=1S/C23H40O4/c24-22(25)20-18-16-14-12-10-8-6-4-2-1-3-5-7-9-11-13-15-17-19-21-23(26)27/h2-5H,1,6-21H2,(H,24,25)(H,26,27). The van der Waals surface area contributed by atoms with E-state index in [0.29, 0.717) is 12.8 Å². The SMILES string of the molecule is O=C(O)CCCCCCCCC=CCC=CCCCCCCCCC(=O)O. The van der Waals surface area contributed by atoms with Gasteiger partial charge in [-0.15, -0.1) is 0 Å². The van der Waals surface area contributed by atoms with Gasteiger partial charge in [-0.25, -0.2) is 0 Å². The molecule has 156 valence electrons. The quantitative estimate of drug-likeness (QED) is 0.178. The van der Waals surface area contributed by atoms with Crippen molar-refractivity contribution >= 4 is 11.9 Å². The Labute approximate surface area is 165 Å². The zero-order chi connectivity index (χ0) is 20.0. The minimum absolute atomic E-state index is 0.310. The fourth-order valence-corrected chi connectivity index (χ4v) is 3.00. The van der Waals surface area contributed by atoms with Gasteiger partial charge in [-0.3, -0.25) is 9.59 Å². The average Bonchev–Trinajstić information content (AvgIpc) is 2.62. The van der Waals surface area contributed by atoms with Gasteiger partial charge in [-0.1, -0.05) is 75.7 Å². The number of carboxylic acids is 2. The van der Waals surface area contributed by atoms with Crippen LogP contribution in [0.15, 0.2) is 24.3 Å². The molecule has 0 heterocycles. The Morgan fingerprint density at radius 2 is 0.815 bits per heavy atom. The second-order valence-electron chi connectivity index (χ2n) is 7.29. The van der Waals surface area contributed by atoms with E-state index >= 15 is 0 Å². The minimum Gasteiger partial charge on any atom is -0.481 e. The van der Waals surface area contributed by atoms with Gasteiger partial charge in [-0.2, -0.15) is 0 Å². The lowest BCUT2D eigenvalue weighted by Gasteiger charge is -1.99. The summed E-state index contributed by atoms with van der Waals surface area (Å²) >= 11 is 0. The van der Waals surface area contributed by atoms with E-state index < -0.39 is 11.9 Å². The van der Waals surface area contributed by atoms with Crippen molar-refractivity contribution in [1.82, 2.24) is 0 Å². The summed E-state index contributed by atoms with van der Waals surface area (Å²) in [6, 6.07) is 0. The van der Waals surface area contributed by atoms with Gasteiger partial charge in [0, 0.05) is 12.8 Å². The highest BCUT2D eigenvalue weighted by atomic mass is 16.4. The normalized spacial score (nSPS) is 11.6. The first-order valence-corrected chi connectivity index (χ1v) is 10.9. The maximum atomic E-state index is 10.4. The summed E-state index contributed by atoms with van der Waals surface area (Å²) < 4.78 is 0. The molecule has 0 bridgehead atoms. The summed E-state index contributed by atoms with van der Waals surface area (Å²) in [6.45, 7) is 0. The molecule has 0 aromatic heterocycles. The predicted octanol–water partition coefficient (Wildman–Crippen LogP) is 6.90. The number of rotatable bonds is 20. The van der Waals surface area contributed by atoms with Gasteiger partial charge in [-0.05, 0) is 44.9 Å². The lowest BCUT2D eigenvalue weighted by Crippen LogP contribution is -1.93. The van der Waals surface area contributed by atoms with Crippen LogP contribution in [0.1, 0.15) is 109 Å². The molecule has 0 unspecified atom stereocenters. The molecule has 0 saturated carbocycles. The number of hydrogen-bond acceptors (Lipinski definition) is 2. The number of carboxylic acid groups (broad SMARTS) is 2. The maximum absolute atomic E-state index is 10.4. The first kappa shape index (κ1) is 25.4. The zero-order valence-electron chi connectivity index (χ0n) is 17.0. The van der Waals surface area contributed by atoms with Gasteiger partial charge in [0.05, 0.1) is 0 Å². The highest BCUT2D eigenvalue weighted by Gasteiger charge is 1.97. The topological polar surface area (TPSA) is 74.6 Å². The molecule has 0 aromatic carbocycles. The fraction of sp³-hybridized carbons (Fsp3) is 0.739. The summed E-state index contributed by atoms with van der Waals surface area (Å²) in [5.74, 6) is -1.36. The van der Waals surface area contributed by atoms with E-state index in [4.69, 9.17) is 10.2 Å². The van der Waals surface area contributed by atoms with Crippen LogP contribution in [0.25, 0.3) is 0 Å². The van der Waals surface area contributed by atoms with Crippen molar-refractivity contribution in [3.8, 4) is 0 Å². The van der Waals surface area contributed by atoms with Gasteiger partial charge in [0.15, 0.2) is 0 Å². The second-order valence-corrected chi connectivity index (χ2v) is 7.29. The lowest BCUT2D eigenvalue weighted by molar-refractivity contribution is -0.138. The minimum atomic E-state index is -0.681. The third kappa shape index (κ3) is 24.4. The Balaban J connectivity index is 3.20. The van der Waals surface area contributed by atoms with Crippen molar-refractivity contribution in [2.45, 2.75) is 109 Å². The van der Waals surface area contributed by atoms with Crippen molar-refractivity contribution in [2.24, 2.45) is 0 Å². The Kier molecular flexibility index (Phi) is 19.5. The molecule has 0 radical (unpaired) electrons. The predicted molar refractivity (Wildman–Crippen MR) is 112 cm³/mol. The molecule has 0 rings (SSSR count). The molecular formula is C23H40O4.